The molecule has 2 atom stereocenters. The van der Waals surface area contributed by atoms with Crippen LogP contribution in [0.2, 0.25) is 0 Å². The second kappa shape index (κ2) is 9.68. The first-order valence-corrected chi connectivity index (χ1v) is 9.46. The molecule has 0 unspecified atom stereocenters. The molecule has 0 aliphatic carbocycles. The molecule has 5 nitrogen and oxygen atoms in total. The molecule has 2 aromatic rings. The third-order valence-electron chi connectivity index (χ3n) is 4.96. The van der Waals surface area contributed by atoms with Gasteiger partial charge in [-0.2, -0.15) is 22.0 Å². The highest BCUT2D eigenvalue weighted by atomic mass is 19.4. The lowest BCUT2D eigenvalue weighted by Crippen LogP contribution is -2.34. The van der Waals surface area contributed by atoms with Crippen molar-refractivity contribution < 1.29 is 45.3 Å². The molecule has 0 bridgehead atoms. The molecule has 32 heavy (non-hydrogen) atoms. The number of hydrogen-bond acceptors (Lipinski definition) is 5. The number of methoxy groups -OCH3 is 1. The van der Waals surface area contributed by atoms with Gasteiger partial charge in [-0.05, 0) is 42.5 Å². The standard InChI is InChI=1S/C21H19F6NO4/c1-30-19(29)17-7-4-13(9-18(17)22)28-10-16(8-14(28)11-31-20(23)24)32-15-5-2-12(3-6-15)21(25,26)27/h2-7,9,14,16,20H,8,10-11H2,1H3/t14-,16-/m0/s1. The van der Waals surface area contributed by atoms with Crippen molar-refractivity contribution >= 4 is 11.7 Å². The van der Waals surface area contributed by atoms with Crippen LogP contribution in [0.15, 0.2) is 42.5 Å². The van der Waals surface area contributed by atoms with Crippen LogP contribution in [0.3, 0.4) is 0 Å². The van der Waals surface area contributed by atoms with Crippen molar-refractivity contribution in [1.29, 1.82) is 0 Å². The predicted octanol–water partition coefficient (Wildman–Crippen LogP) is 4.90. The highest BCUT2D eigenvalue weighted by molar-refractivity contribution is 5.90. The number of alkyl halides is 5. The van der Waals surface area contributed by atoms with Crippen molar-refractivity contribution in [2.24, 2.45) is 0 Å². The van der Waals surface area contributed by atoms with Gasteiger partial charge in [-0.3, -0.25) is 0 Å². The number of nitrogens with zero attached hydrogens (tertiary/aromatic N) is 1. The van der Waals surface area contributed by atoms with Gasteiger partial charge >= 0.3 is 18.8 Å². The Kier molecular flexibility index (Phi) is 7.17. The van der Waals surface area contributed by atoms with E-state index in [9.17, 15) is 31.1 Å². The first-order valence-electron chi connectivity index (χ1n) is 9.46. The fraction of sp³-hybridized carbons (Fsp3) is 0.381. The van der Waals surface area contributed by atoms with E-state index in [1.54, 1.807) is 4.90 Å². The van der Waals surface area contributed by atoms with Gasteiger partial charge in [-0.25, -0.2) is 9.18 Å². The van der Waals surface area contributed by atoms with E-state index in [0.717, 1.165) is 25.3 Å². The number of anilines is 1. The second-order valence-corrected chi connectivity index (χ2v) is 7.05. The van der Waals surface area contributed by atoms with Gasteiger partial charge in [0.1, 0.15) is 17.7 Å². The maximum absolute atomic E-state index is 14.4. The zero-order chi connectivity index (χ0) is 23.5. The van der Waals surface area contributed by atoms with Crippen LogP contribution in [-0.2, 0) is 15.7 Å². The molecule has 0 saturated carbocycles. The topological polar surface area (TPSA) is 48.0 Å². The Morgan fingerprint density at radius 2 is 1.84 bits per heavy atom. The fourth-order valence-electron chi connectivity index (χ4n) is 3.49. The average molecular weight is 463 g/mol. The highest BCUT2D eigenvalue weighted by Gasteiger charge is 2.35. The van der Waals surface area contributed by atoms with Gasteiger partial charge in [0.25, 0.3) is 0 Å². The van der Waals surface area contributed by atoms with Crippen molar-refractivity contribution in [3.8, 4) is 5.75 Å². The first kappa shape index (κ1) is 23.7. The molecule has 1 aliphatic rings. The summed E-state index contributed by atoms with van der Waals surface area (Å²) in [7, 11) is 1.11. The number of benzene rings is 2. The van der Waals surface area contributed by atoms with Crippen LogP contribution in [0.4, 0.5) is 32.0 Å². The SMILES string of the molecule is COC(=O)c1ccc(N2C[C@@H](Oc3ccc(C(F)(F)F)cc3)C[C@H]2COC(F)F)cc1F. The Balaban J connectivity index is 1.77. The maximum atomic E-state index is 14.4. The number of hydrogen-bond donors (Lipinski definition) is 0. The molecular formula is C21H19F6NO4. The van der Waals surface area contributed by atoms with Gasteiger partial charge in [-0.1, -0.05) is 0 Å². The van der Waals surface area contributed by atoms with Crippen LogP contribution < -0.4 is 9.64 Å². The molecule has 11 heteroatoms. The van der Waals surface area contributed by atoms with Gasteiger partial charge in [-0.15, -0.1) is 0 Å². The minimum absolute atomic E-state index is 0.134. The van der Waals surface area contributed by atoms with Gasteiger partial charge in [0, 0.05) is 12.1 Å². The van der Waals surface area contributed by atoms with Crippen LogP contribution in [0, 0.1) is 5.82 Å². The van der Waals surface area contributed by atoms with Crippen molar-refractivity contribution in [3.05, 3.63) is 59.4 Å². The van der Waals surface area contributed by atoms with Crippen molar-refractivity contribution in [3.63, 3.8) is 0 Å². The van der Waals surface area contributed by atoms with Crippen LogP contribution >= 0.6 is 0 Å². The van der Waals surface area contributed by atoms with Crippen molar-refractivity contribution in [1.82, 2.24) is 0 Å². The van der Waals surface area contributed by atoms with E-state index < -0.39 is 42.3 Å². The van der Waals surface area contributed by atoms with Crippen LogP contribution in [0.5, 0.6) is 5.75 Å². The highest BCUT2D eigenvalue weighted by Crippen LogP contribution is 2.33. The van der Waals surface area contributed by atoms with Gasteiger partial charge < -0.3 is 19.1 Å². The molecule has 1 fully saturated rings. The van der Waals surface area contributed by atoms with Crippen molar-refractivity contribution in [2.75, 3.05) is 25.2 Å². The molecule has 1 aliphatic heterocycles. The Bertz CT molecular complexity index is 935. The summed E-state index contributed by atoms with van der Waals surface area (Å²) in [5, 5.41) is 0. The molecule has 1 heterocycles. The van der Waals surface area contributed by atoms with E-state index in [1.165, 1.54) is 24.3 Å². The van der Waals surface area contributed by atoms with E-state index in [0.29, 0.717) is 5.69 Å². The Morgan fingerprint density at radius 3 is 2.41 bits per heavy atom. The molecule has 174 valence electrons. The number of esters is 1. The predicted molar refractivity (Wildman–Crippen MR) is 101 cm³/mol. The number of carbonyl (C=O) groups excluding carboxylic acids is 1. The van der Waals surface area contributed by atoms with E-state index in [2.05, 4.69) is 9.47 Å². The molecular weight excluding hydrogens is 444 g/mol. The van der Waals surface area contributed by atoms with E-state index in [4.69, 9.17) is 4.74 Å². The lowest BCUT2D eigenvalue weighted by Gasteiger charge is -2.26. The number of carbonyl (C=O) groups is 1. The van der Waals surface area contributed by atoms with Gasteiger partial charge in [0.15, 0.2) is 0 Å². The molecule has 2 aromatic carbocycles. The largest absolute Gasteiger partial charge is 0.489 e. The minimum Gasteiger partial charge on any atom is -0.489 e. The van der Waals surface area contributed by atoms with Crippen LogP contribution in [0.1, 0.15) is 22.3 Å². The average Bonchev–Trinajstić information content (AvgIpc) is 3.14. The monoisotopic (exact) mass is 463 g/mol. The molecule has 0 spiro atoms. The first-order chi connectivity index (χ1) is 15.1. The normalized spacial score (nSPS) is 18.8. The Hall–Kier alpha value is -2.95. The lowest BCUT2D eigenvalue weighted by molar-refractivity contribution is -0.137. The zero-order valence-electron chi connectivity index (χ0n) is 16.7. The smallest absolute Gasteiger partial charge is 0.416 e. The fourth-order valence-corrected chi connectivity index (χ4v) is 3.49. The van der Waals surface area contributed by atoms with Crippen LogP contribution in [0.25, 0.3) is 0 Å². The maximum Gasteiger partial charge on any atom is 0.416 e. The molecule has 0 amide bonds. The summed E-state index contributed by atoms with van der Waals surface area (Å²) >= 11 is 0. The summed E-state index contributed by atoms with van der Waals surface area (Å²) in [6.07, 6.45) is -4.86. The van der Waals surface area contributed by atoms with Gasteiger partial charge in [0.05, 0.1) is 37.4 Å². The number of ether oxygens (including phenoxy) is 3. The molecule has 0 N–H and O–H groups in total. The molecule has 0 radical (unpaired) electrons. The van der Waals surface area contributed by atoms with Gasteiger partial charge in [0.2, 0.25) is 0 Å². The molecule has 1 saturated heterocycles. The van der Waals surface area contributed by atoms with E-state index >= 15 is 0 Å². The zero-order valence-corrected chi connectivity index (χ0v) is 16.7. The van der Waals surface area contributed by atoms with E-state index in [1.807, 2.05) is 0 Å². The summed E-state index contributed by atoms with van der Waals surface area (Å²) in [5.41, 5.74) is -0.813. The van der Waals surface area contributed by atoms with Crippen LogP contribution in [-0.4, -0.2) is 45.0 Å². The summed E-state index contributed by atoms with van der Waals surface area (Å²) in [5.74, 6) is -1.54. The van der Waals surface area contributed by atoms with Crippen molar-refractivity contribution in [2.45, 2.75) is 31.4 Å². The minimum atomic E-state index is -4.49. The Morgan fingerprint density at radius 1 is 1.16 bits per heavy atom. The summed E-state index contributed by atoms with van der Waals surface area (Å²) < 4.78 is 92.3. The second-order valence-electron chi connectivity index (χ2n) is 7.05. The quantitative estimate of drug-likeness (QED) is 0.432. The third kappa shape index (κ3) is 5.64. The summed E-state index contributed by atoms with van der Waals surface area (Å²) in [6.45, 7) is -3.26. The Labute approximate surface area is 179 Å². The molecule has 0 aromatic heterocycles. The summed E-state index contributed by atoms with van der Waals surface area (Å²) in [4.78, 5) is 13.2. The number of halogens is 6. The van der Waals surface area contributed by atoms with E-state index in [-0.39, 0.29) is 30.9 Å². The lowest BCUT2D eigenvalue weighted by atomic mass is 10.1. The third-order valence-corrected chi connectivity index (χ3v) is 4.96. The number of rotatable bonds is 7. The summed E-state index contributed by atoms with van der Waals surface area (Å²) in [6, 6.07) is 7.19. The molecule has 3 rings (SSSR count).